The minimum Gasteiger partial charge on any atom is -0.394 e. The van der Waals surface area contributed by atoms with Gasteiger partial charge in [-0.1, -0.05) is 0 Å². The van der Waals surface area contributed by atoms with Gasteiger partial charge in [-0.2, -0.15) is 0 Å². The number of hydrogen-bond acceptors (Lipinski definition) is 4. The summed E-state index contributed by atoms with van der Waals surface area (Å²) in [6.07, 6.45) is -0.343. The van der Waals surface area contributed by atoms with Crippen LogP contribution in [-0.2, 0) is 13.8 Å². The molecule has 0 aromatic rings. The second-order valence-corrected chi connectivity index (χ2v) is 3.59. The zero-order chi connectivity index (χ0) is 9.14. The summed E-state index contributed by atoms with van der Waals surface area (Å²) in [5.74, 6) is 0. The van der Waals surface area contributed by atoms with E-state index in [-0.39, 0.29) is 12.6 Å². The maximum atomic E-state index is 10.3. The monoisotopic (exact) mass is 194 g/mol. The van der Waals surface area contributed by atoms with Gasteiger partial charge in [-0.3, -0.25) is 4.57 Å². The molecule has 0 aromatic carbocycles. The molecule has 0 spiro atoms. The molecule has 1 saturated heterocycles. The van der Waals surface area contributed by atoms with Gasteiger partial charge < -0.3 is 19.3 Å². The van der Waals surface area contributed by atoms with Crippen LogP contribution in [0.25, 0.3) is 0 Å². The van der Waals surface area contributed by atoms with E-state index in [4.69, 9.17) is 19.3 Å². The normalized spacial score (nSPS) is 38.3. The fourth-order valence-electron chi connectivity index (χ4n) is 1.33. The summed E-state index contributed by atoms with van der Waals surface area (Å²) in [4.78, 5) is 8.50. The fourth-order valence-corrected chi connectivity index (χ4v) is 1.84. The average molecular weight is 194 g/mol. The summed E-state index contributed by atoms with van der Waals surface area (Å²) in [7, 11) is -1.09. The Labute approximate surface area is 72.0 Å². The lowest BCUT2D eigenvalue weighted by Crippen LogP contribution is -2.25. The van der Waals surface area contributed by atoms with Gasteiger partial charge in [-0.15, -0.1) is 0 Å². The Kier molecular flexibility index (Phi) is 3.74. The highest BCUT2D eigenvalue weighted by atomic mass is 31.1. The smallest absolute Gasteiger partial charge is 0.316 e. The number of ether oxygens (including phenoxy) is 1. The SMILES string of the molecule is B[C@H]1CC(O[PH](=O)O)[C@@H](CO)O1. The van der Waals surface area contributed by atoms with Crippen LogP contribution in [0.5, 0.6) is 0 Å². The minimum absolute atomic E-state index is 0.0199. The molecule has 0 aromatic heterocycles. The van der Waals surface area contributed by atoms with Crippen LogP contribution in [0.15, 0.2) is 0 Å². The van der Waals surface area contributed by atoms with Gasteiger partial charge in [0.15, 0.2) is 0 Å². The molecule has 1 fully saturated rings. The predicted molar refractivity (Wildman–Crippen MR) is 45.0 cm³/mol. The number of rotatable bonds is 3. The van der Waals surface area contributed by atoms with Gasteiger partial charge in [0.05, 0.1) is 12.7 Å². The number of aliphatic hydroxyl groups is 1. The number of aliphatic hydroxyl groups excluding tert-OH is 1. The molecule has 0 amide bonds. The standard InChI is InChI=1S/C5H12BO5P/c6-5-1-3(11-12(8)9)4(2-7)10-5/h3-5,7,12H,1-2,6H2,(H,8,9)/t3?,4-,5-/m1/s1. The van der Waals surface area contributed by atoms with E-state index in [1.807, 2.05) is 7.85 Å². The van der Waals surface area contributed by atoms with Crippen LogP contribution >= 0.6 is 8.25 Å². The Morgan fingerprint density at radius 1 is 1.75 bits per heavy atom. The fraction of sp³-hybridized carbons (Fsp3) is 1.00. The van der Waals surface area contributed by atoms with E-state index in [1.165, 1.54) is 0 Å². The summed E-state index contributed by atoms with van der Waals surface area (Å²) in [5.41, 5.74) is 0. The van der Waals surface area contributed by atoms with Crippen molar-refractivity contribution in [1.29, 1.82) is 0 Å². The van der Waals surface area contributed by atoms with E-state index in [0.717, 1.165) is 0 Å². The Balaban J connectivity index is 2.46. The topological polar surface area (TPSA) is 76.0 Å². The van der Waals surface area contributed by atoms with Crippen molar-refractivity contribution in [2.45, 2.75) is 24.6 Å². The van der Waals surface area contributed by atoms with Crippen LogP contribution in [0.4, 0.5) is 0 Å². The summed E-state index contributed by atoms with van der Waals surface area (Å²) in [6.45, 7) is -0.176. The third kappa shape index (κ3) is 2.57. The molecule has 2 N–H and O–H groups in total. The minimum atomic E-state index is -2.92. The predicted octanol–water partition coefficient (Wildman–Crippen LogP) is -1.51. The Morgan fingerprint density at radius 3 is 2.92 bits per heavy atom. The van der Waals surface area contributed by atoms with E-state index in [1.54, 1.807) is 0 Å². The molecule has 0 bridgehead atoms. The first-order valence-electron chi connectivity index (χ1n) is 3.79. The Bertz CT molecular complexity index is 177. The van der Waals surface area contributed by atoms with Crippen LogP contribution in [0.3, 0.4) is 0 Å². The zero-order valence-electron chi connectivity index (χ0n) is 6.77. The third-order valence-corrected chi connectivity index (χ3v) is 2.32. The Hall–Kier alpha value is 0.135. The lowest BCUT2D eigenvalue weighted by Gasteiger charge is -2.14. The molecule has 1 aliphatic heterocycles. The van der Waals surface area contributed by atoms with Crippen molar-refractivity contribution >= 4 is 16.1 Å². The van der Waals surface area contributed by atoms with Crippen molar-refractivity contribution in [3.63, 3.8) is 0 Å². The molecule has 2 unspecified atom stereocenters. The first-order valence-corrected chi connectivity index (χ1v) is 5.05. The summed E-state index contributed by atoms with van der Waals surface area (Å²) >= 11 is 0. The van der Waals surface area contributed by atoms with Crippen LogP contribution in [-0.4, -0.2) is 42.7 Å². The summed E-state index contributed by atoms with van der Waals surface area (Å²) in [5, 5.41) is 8.79. The van der Waals surface area contributed by atoms with Crippen molar-refractivity contribution in [3.05, 3.63) is 0 Å². The molecular weight excluding hydrogens is 182 g/mol. The van der Waals surface area contributed by atoms with Crippen LogP contribution < -0.4 is 0 Å². The van der Waals surface area contributed by atoms with Crippen molar-refractivity contribution in [2.75, 3.05) is 6.61 Å². The van der Waals surface area contributed by atoms with E-state index in [0.29, 0.717) is 6.42 Å². The lowest BCUT2D eigenvalue weighted by molar-refractivity contribution is 0.00304. The molecule has 1 rings (SSSR count). The highest BCUT2D eigenvalue weighted by Gasteiger charge is 2.33. The summed E-state index contributed by atoms with van der Waals surface area (Å²) < 4.78 is 20.3. The Morgan fingerprint density at radius 2 is 2.42 bits per heavy atom. The van der Waals surface area contributed by atoms with E-state index >= 15 is 0 Å². The van der Waals surface area contributed by atoms with Crippen molar-refractivity contribution in [1.82, 2.24) is 0 Å². The van der Waals surface area contributed by atoms with Gasteiger partial charge in [0, 0.05) is 6.00 Å². The molecule has 0 saturated carbocycles. The highest BCUT2D eigenvalue weighted by molar-refractivity contribution is 7.32. The summed E-state index contributed by atoms with van der Waals surface area (Å²) in [6, 6.07) is -0.0199. The third-order valence-electron chi connectivity index (χ3n) is 1.82. The van der Waals surface area contributed by atoms with Crippen molar-refractivity contribution < 1.29 is 23.8 Å². The molecule has 7 heteroatoms. The van der Waals surface area contributed by atoms with Gasteiger partial charge in [-0.05, 0) is 6.42 Å². The quantitative estimate of drug-likeness (QED) is 0.422. The molecule has 70 valence electrons. The lowest BCUT2D eigenvalue weighted by atomic mass is 9.96. The second kappa shape index (κ2) is 4.39. The zero-order valence-corrected chi connectivity index (χ0v) is 7.77. The second-order valence-electron chi connectivity index (χ2n) is 2.83. The molecule has 0 aliphatic carbocycles. The van der Waals surface area contributed by atoms with Gasteiger partial charge in [-0.25, -0.2) is 0 Å². The maximum Gasteiger partial charge on any atom is 0.316 e. The molecule has 1 aliphatic rings. The number of hydrogen-bond donors (Lipinski definition) is 2. The molecule has 5 nitrogen and oxygen atoms in total. The highest BCUT2D eigenvalue weighted by Crippen LogP contribution is 2.29. The molecular formula is C5H12BO5P. The van der Waals surface area contributed by atoms with Crippen LogP contribution in [0, 0.1) is 0 Å². The van der Waals surface area contributed by atoms with Crippen molar-refractivity contribution in [2.24, 2.45) is 0 Å². The van der Waals surface area contributed by atoms with Gasteiger partial charge in [0.25, 0.3) is 0 Å². The molecule has 1 heterocycles. The molecule has 12 heavy (non-hydrogen) atoms. The van der Waals surface area contributed by atoms with Crippen LogP contribution in [0.2, 0.25) is 0 Å². The largest absolute Gasteiger partial charge is 0.394 e. The van der Waals surface area contributed by atoms with E-state index in [9.17, 15) is 4.57 Å². The average Bonchev–Trinajstić information content (AvgIpc) is 2.29. The van der Waals surface area contributed by atoms with Gasteiger partial charge in [0.2, 0.25) is 0 Å². The van der Waals surface area contributed by atoms with E-state index in [2.05, 4.69) is 0 Å². The maximum absolute atomic E-state index is 10.3. The van der Waals surface area contributed by atoms with Crippen molar-refractivity contribution in [3.8, 4) is 0 Å². The molecule has 0 radical (unpaired) electrons. The van der Waals surface area contributed by atoms with Crippen LogP contribution in [0.1, 0.15) is 6.42 Å². The van der Waals surface area contributed by atoms with Gasteiger partial charge >= 0.3 is 8.25 Å². The van der Waals surface area contributed by atoms with Gasteiger partial charge in [0.1, 0.15) is 14.0 Å². The molecule has 4 atom stereocenters. The first kappa shape index (κ1) is 10.2. The first-order chi connectivity index (χ1) is 5.63. The van der Waals surface area contributed by atoms with E-state index < -0.39 is 20.5 Å².